The summed E-state index contributed by atoms with van der Waals surface area (Å²) in [5, 5.41) is 4.35. The predicted octanol–water partition coefficient (Wildman–Crippen LogP) is 4.61. The van der Waals surface area contributed by atoms with E-state index < -0.39 is 0 Å². The topological polar surface area (TPSA) is 15.3 Å². The Bertz CT molecular complexity index is 468. The summed E-state index contributed by atoms with van der Waals surface area (Å²) in [6, 6.07) is 7.15. The van der Waals surface area contributed by atoms with Crippen LogP contribution in [0.2, 0.25) is 5.02 Å². The quantitative estimate of drug-likeness (QED) is 0.854. The van der Waals surface area contributed by atoms with E-state index in [4.69, 9.17) is 11.6 Å². The molecule has 1 aromatic carbocycles. The molecular weight excluding hydrogens is 280 g/mol. The van der Waals surface area contributed by atoms with Crippen LogP contribution in [0.4, 0.5) is 5.69 Å². The molecule has 1 saturated heterocycles. The second kappa shape index (κ2) is 7.02. The Morgan fingerprint density at radius 3 is 2.76 bits per heavy atom. The van der Waals surface area contributed by atoms with Gasteiger partial charge in [-0.2, -0.15) is 0 Å². The van der Waals surface area contributed by atoms with E-state index in [2.05, 4.69) is 29.3 Å². The van der Waals surface area contributed by atoms with E-state index in [-0.39, 0.29) is 0 Å². The van der Waals surface area contributed by atoms with Crippen LogP contribution < -0.4 is 10.2 Å². The van der Waals surface area contributed by atoms with Gasteiger partial charge in [0, 0.05) is 35.4 Å². The second-order valence-corrected chi connectivity index (χ2v) is 6.87. The third-order valence-corrected chi connectivity index (χ3v) is 5.55. The molecule has 21 heavy (non-hydrogen) atoms. The first-order valence-electron chi connectivity index (χ1n) is 8.56. The lowest BCUT2D eigenvalue weighted by molar-refractivity contribution is 0.430. The van der Waals surface area contributed by atoms with Gasteiger partial charge in [-0.15, -0.1) is 0 Å². The minimum atomic E-state index is 0.742. The standard InChI is InChI=1S/C18H27ClN2/c1-2-20-13-15-16(19)9-5-10-18(15)21-12-6-11-17(21)14-7-3-4-8-14/h5,9-10,14,17,20H,2-4,6-8,11-13H2,1H3. The molecule has 3 rings (SSSR count). The van der Waals surface area contributed by atoms with Crippen LogP contribution in [0.5, 0.6) is 0 Å². The molecule has 1 aliphatic carbocycles. The molecule has 1 saturated carbocycles. The van der Waals surface area contributed by atoms with Crippen LogP contribution in [0.25, 0.3) is 0 Å². The second-order valence-electron chi connectivity index (χ2n) is 6.47. The molecule has 0 radical (unpaired) electrons. The highest BCUT2D eigenvalue weighted by Gasteiger charge is 2.34. The SMILES string of the molecule is CCNCc1c(Cl)cccc1N1CCCC1C1CCCC1. The molecule has 3 heteroatoms. The van der Waals surface area contributed by atoms with Crippen molar-refractivity contribution in [3.63, 3.8) is 0 Å². The lowest BCUT2D eigenvalue weighted by Gasteiger charge is -2.33. The highest BCUT2D eigenvalue weighted by Crippen LogP contribution is 2.39. The molecule has 2 nitrogen and oxygen atoms in total. The fourth-order valence-electron chi connectivity index (χ4n) is 4.17. The van der Waals surface area contributed by atoms with Gasteiger partial charge in [-0.25, -0.2) is 0 Å². The average Bonchev–Trinajstić information content (AvgIpc) is 3.16. The maximum Gasteiger partial charge on any atom is 0.0471 e. The van der Waals surface area contributed by atoms with Gasteiger partial charge >= 0.3 is 0 Å². The van der Waals surface area contributed by atoms with Crippen molar-refractivity contribution in [2.24, 2.45) is 5.92 Å². The first-order valence-corrected chi connectivity index (χ1v) is 8.93. The van der Waals surface area contributed by atoms with Gasteiger partial charge in [-0.05, 0) is 50.3 Å². The van der Waals surface area contributed by atoms with Crippen molar-refractivity contribution < 1.29 is 0 Å². The van der Waals surface area contributed by atoms with Gasteiger partial charge < -0.3 is 10.2 Å². The van der Waals surface area contributed by atoms with Gasteiger partial charge in [-0.1, -0.05) is 37.4 Å². The predicted molar refractivity (Wildman–Crippen MR) is 91.2 cm³/mol. The van der Waals surface area contributed by atoms with E-state index in [1.54, 1.807) is 0 Å². The monoisotopic (exact) mass is 306 g/mol. The van der Waals surface area contributed by atoms with Crippen LogP contribution >= 0.6 is 11.6 Å². The Hall–Kier alpha value is -0.730. The van der Waals surface area contributed by atoms with Crippen LogP contribution in [0.3, 0.4) is 0 Å². The van der Waals surface area contributed by atoms with Crippen LogP contribution in [-0.2, 0) is 6.54 Å². The van der Waals surface area contributed by atoms with Crippen molar-refractivity contribution in [3.05, 3.63) is 28.8 Å². The van der Waals surface area contributed by atoms with Crippen molar-refractivity contribution >= 4 is 17.3 Å². The molecule has 0 bridgehead atoms. The molecule has 0 amide bonds. The lowest BCUT2D eigenvalue weighted by Crippen LogP contribution is -2.35. The zero-order valence-corrected chi connectivity index (χ0v) is 13.8. The normalized spacial score (nSPS) is 23.1. The summed E-state index contributed by atoms with van der Waals surface area (Å²) in [7, 11) is 0. The molecule has 2 aliphatic rings. The van der Waals surface area contributed by atoms with E-state index in [1.165, 1.54) is 56.3 Å². The average molecular weight is 307 g/mol. The Kier molecular flexibility index (Phi) is 5.07. The number of nitrogens with zero attached hydrogens (tertiary/aromatic N) is 1. The number of halogens is 1. The van der Waals surface area contributed by atoms with E-state index in [0.29, 0.717) is 0 Å². The number of rotatable bonds is 5. The minimum Gasteiger partial charge on any atom is -0.368 e. The smallest absolute Gasteiger partial charge is 0.0471 e. The molecule has 1 aliphatic heterocycles. The molecular formula is C18H27ClN2. The number of benzene rings is 1. The van der Waals surface area contributed by atoms with Crippen molar-refractivity contribution in [1.82, 2.24) is 5.32 Å². The molecule has 1 heterocycles. The molecule has 1 N–H and O–H groups in total. The van der Waals surface area contributed by atoms with Gasteiger partial charge in [0.15, 0.2) is 0 Å². The van der Waals surface area contributed by atoms with Crippen LogP contribution in [0.1, 0.15) is 51.0 Å². The maximum absolute atomic E-state index is 6.48. The zero-order chi connectivity index (χ0) is 14.7. The molecule has 0 spiro atoms. The van der Waals surface area contributed by atoms with Crippen LogP contribution in [-0.4, -0.2) is 19.1 Å². The molecule has 0 aromatic heterocycles. The van der Waals surface area contributed by atoms with Crippen molar-refractivity contribution in [1.29, 1.82) is 0 Å². The number of nitrogens with one attached hydrogen (secondary N) is 1. The molecule has 1 unspecified atom stereocenters. The molecule has 116 valence electrons. The van der Waals surface area contributed by atoms with E-state index >= 15 is 0 Å². The van der Waals surface area contributed by atoms with E-state index in [9.17, 15) is 0 Å². The fraction of sp³-hybridized carbons (Fsp3) is 0.667. The first kappa shape index (κ1) is 15.2. The maximum atomic E-state index is 6.48. The van der Waals surface area contributed by atoms with Crippen LogP contribution in [0, 0.1) is 5.92 Å². The zero-order valence-electron chi connectivity index (χ0n) is 13.1. The van der Waals surface area contributed by atoms with Crippen molar-refractivity contribution in [2.45, 2.75) is 58.0 Å². The number of anilines is 1. The van der Waals surface area contributed by atoms with E-state index in [1.807, 2.05) is 6.07 Å². The first-order chi connectivity index (χ1) is 10.3. The summed E-state index contributed by atoms with van der Waals surface area (Å²) in [5.74, 6) is 0.901. The van der Waals surface area contributed by atoms with Gasteiger partial charge in [0.2, 0.25) is 0 Å². The Labute approximate surface area is 133 Å². The third kappa shape index (κ3) is 3.22. The minimum absolute atomic E-state index is 0.742. The molecule has 1 atom stereocenters. The van der Waals surface area contributed by atoms with Crippen molar-refractivity contribution in [3.8, 4) is 0 Å². The Morgan fingerprint density at radius 2 is 2.00 bits per heavy atom. The third-order valence-electron chi connectivity index (χ3n) is 5.20. The lowest BCUT2D eigenvalue weighted by atomic mass is 9.95. The van der Waals surface area contributed by atoms with E-state index in [0.717, 1.165) is 30.1 Å². The van der Waals surface area contributed by atoms with Crippen LogP contribution in [0.15, 0.2) is 18.2 Å². The number of hydrogen-bond donors (Lipinski definition) is 1. The van der Waals surface area contributed by atoms with Gasteiger partial charge in [0.05, 0.1) is 0 Å². The van der Waals surface area contributed by atoms with Crippen molar-refractivity contribution in [2.75, 3.05) is 18.0 Å². The van der Waals surface area contributed by atoms with Gasteiger partial charge in [0.1, 0.15) is 0 Å². The summed E-state index contributed by atoms with van der Waals surface area (Å²) in [5.41, 5.74) is 2.66. The summed E-state index contributed by atoms with van der Waals surface area (Å²) in [4.78, 5) is 2.66. The summed E-state index contributed by atoms with van der Waals surface area (Å²) >= 11 is 6.48. The fourth-order valence-corrected chi connectivity index (χ4v) is 4.40. The number of hydrogen-bond acceptors (Lipinski definition) is 2. The highest BCUT2D eigenvalue weighted by atomic mass is 35.5. The summed E-state index contributed by atoms with van der Waals surface area (Å²) in [6.07, 6.45) is 8.38. The molecule has 2 fully saturated rings. The Balaban J connectivity index is 1.85. The largest absolute Gasteiger partial charge is 0.368 e. The molecule has 1 aromatic rings. The van der Waals surface area contributed by atoms with Gasteiger partial charge in [-0.3, -0.25) is 0 Å². The van der Waals surface area contributed by atoms with Gasteiger partial charge in [0.25, 0.3) is 0 Å². The highest BCUT2D eigenvalue weighted by molar-refractivity contribution is 6.31. The summed E-state index contributed by atoms with van der Waals surface area (Å²) in [6.45, 7) is 5.20. The Morgan fingerprint density at radius 1 is 1.19 bits per heavy atom. The summed E-state index contributed by atoms with van der Waals surface area (Å²) < 4.78 is 0.